The van der Waals surface area contributed by atoms with Crippen molar-refractivity contribution in [2.75, 3.05) is 0 Å². The van der Waals surface area contributed by atoms with E-state index in [2.05, 4.69) is 148 Å². The smallest absolute Gasteiger partial charge is 0.0521 e. The molecule has 0 aromatic heterocycles. The van der Waals surface area contributed by atoms with E-state index in [9.17, 15) is 0 Å². The van der Waals surface area contributed by atoms with Crippen molar-refractivity contribution < 1.29 is 0 Å². The summed E-state index contributed by atoms with van der Waals surface area (Å²) in [5, 5.41) is 7.79. The maximum absolute atomic E-state index is 3.90. The van der Waals surface area contributed by atoms with Crippen LogP contribution in [0.1, 0.15) is 85.0 Å². The Hall–Kier alpha value is -3.20. The molecule has 2 N–H and O–H groups in total. The molecule has 2 nitrogen and oxygen atoms in total. The number of benzene rings is 4. The van der Waals surface area contributed by atoms with Crippen LogP contribution in [0.25, 0.3) is 0 Å². The third-order valence-corrected chi connectivity index (χ3v) is 7.00. The van der Waals surface area contributed by atoms with Crippen molar-refractivity contribution in [3.05, 3.63) is 143 Å². The zero-order valence-corrected chi connectivity index (χ0v) is 22.1. The number of rotatable bonds is 11. The Bertz CT molecular complexity index is 1070. The van der Waals surface area contributed by atoms with Crippen molar-refractivity contribution in [1.82, 2.24) is 10.6 Å². The first-order valence-electron chi connectivity index (χ1n) is 13.3. The standard InChI is InChI=1S/C34H40N2/c1-25(2)29-19-15-27(16-20-29)23-35-33(31-11-7-5-8-12-31)34(32-13-9-6-10-14-32)36-24-28-17-21-30(22-18-28)26(3)4/h5-22,25-26,33-36H,23-24H2,1-4H3. The largest absolute Gasteiger partial charge is 0.304 e. The topological polar surface area (TPSA) is 24.1 Å². The zero-order chi connectivity index (χ0) is 25.3. The van der Waals surface area contributed by atoms with Crippen LogP contribution in [0.15, 0.2) is 109 Å². The van der Waals surface area contributed by atoms with Crippen molar-refractivity contribution in [3.8, 4) is 0 Å². The van der Waals surface area contributed by atoms with Crippen LogP contribution in [-0.2, 0) is 13.1 Å². The van der Waals surface area contributed by atoms with Gasteiger partial charge in [-0.2, -0.15) is 0 Å². The molecule has 2 heteroatoms. The van der Waals surface area contributed by atoms with Crippen molar-refractivity contribution >= 4 is 0 Å². The van der Waals surface area contributed by atoms with E-state index in [1.807, 2.05) is 0 Å². The minimum atomic E-state index is 0.119. The summed E-state index contributed by atoms with van der Waals surface area (Å²) in [7, 11) is 0. The van der Waals surface area contributed by atoms with Crippen molar-refractivity contribution in [3.63, 3.8) is 0 Å². The summed E-state index contributed by atoms with van der Waals surface area (Å²) in [6.45, 7) is 10.6. The van der Waals surface area contributed by atoms with Crippen molar-refractivity contribution in [2.45, 2.75) is 64.7 Å². The van der Waals surface area contributed by atoms with Gasteiger partial charge in [0.1, 0.15) is 0 Å². The van der Waals surface area contributed by atoms with Gasteiger partial charge in [-0.25, -0.2) is 0 Å². The predicted octanol–water partition coefficient (Wildman–Crippen LogP) is 8.30. The zero-order valence-electron chi connectivity index (χ0n) is 22.1. The van der Waals surface area contributed by atoms with E-state index in [1.165, 1.54) is 33.4 Å². The molecule has 2 unspecified atom stereocenters. The van der Waals surface area contributed by atoms with Gasteiger partial charge < -0.3 is 10.6 Å². The first kappa shape index (κ1) is 25.9. The maximum atomic E-state index is 3.90. The first-order chi connectivity index (χ1) is 17.5. The van der Waals surface area contributed by atoms with Gasteiger partial charge in [0, 0.05) is 13.1 Å². The SMILES string of the molecule is CC(C)c1ccc(CNC(c2ccccc2)C(NCc2ccc(C(C)C)cc2)c2ccccc2)cc1. The second-order valence-corrected chi connectivity index (χ2v) is 10.3. The van der Waals surface area contributed by atoms with Crippen LogP contribution < -0.4 is 10.6 Å². The Balaban J connectivity index is 1.58. The van der Waals surface area contributed by atoms with Crippen LogP contribution in [0.3, 0.4) is 0 Å². The van der Waals surface area contributed by atoms with Crippen LogP contribution in [-0.4, -0.2) is 0 Å². The lowest BCUT2D eigenvalue weighted by Crippen LogP contribution is -2.35. The van der Waals surface area contributed by atoms with Gasteiger partial charge in [0.05, 0.1) is 12.1 Å². The monoisotopic (exact) mass is 476 g/mol. The molecule has 0 saturated carbocycles. The van der Waals surface area contributed by atoms with E-state index in [1.54, 1.807) is 0 Å². The van der Waals surface area contributed by atoms with E-state index in [0.717, 1.165) is 13.1 Å². The van der Waals surface area contributed by atoms with Crippen LogP contribution in [0.4, 0.5) is 0 Å². The fraction of sp³-hybridized carbons (Fsp3) is 0.294. The summed E-state index contributed by atoms with van der Waals surface area (Å²) in [5.41, 5.74) is 7.93. The van der Waals surface area contributed by atoms with Crippen molar-refractivity contribution in [2.24, 2.45) is 0 Å². The quantitative estimate of drug-likeness (QED) is 0.227. The number of nitrogens with one attached hydrogen (secondary N) is 2. The molecular weight excluding hydrogens is 436 g/mol. The van der Waals surface area contributed by atoms with Gasteiger partial charge >= 0.3 is 0 Å². The van der Waals surface area contributed by atoms with Gasteiger partial charge in [0.25, 0.3) is 0 Å². The summed E-state index contributed by atoms with van der Waals surface area (Å²) in [5.74, 6) is 1.09. The lowest BCUT2D eigenvalue weighted by atomic mass is 9.92. The Morgan fingerprint density at radius 3 is 1.06 bits per heavy atom. The second kappa shape index (κ2) is 12.7. The molecule has 0 radical (unpaired) electrons. The van der Waals surface area contributed by atoms with E-state index >= 15 is 0 Å². The van der Waals surface area contributed by atoms with Crippen LogP contribution in [0, 0.1) is 0 Å². The Morgan fingerprint density at radius 1 is 0.417 bits per heavy atom. The number of hydrogen-bond donors (Lipinski definition) is 2. The average molecular weight is 477 g/mol. The van der Waals surface area contributed by atoms with Gasteiger partial charge in [-0.15, -0.1) is 0 Å². The molecule has 0 fully saturated rings. The Kier molecular flexibility index (Phi) is 9.11. The molecule has 0 bridgehead atoms. The van der Waals surface area contributed by atoms with E-state index in [0.29, 0.717) is 11.8 Å². The average Bonchev–Trinajstić information content (AvgIpc) is 2.92. The normalized spacial score (nSPS) is 13.2. The van der Waals surface area contributed by atoms with Gasteiger partial charge in [0.2, 0.25) is 0 Å². The highest BCUT2D eigenvalue weighted by Gasteiger charge is 2.24. The van der Waals surface area contributed by atoms with Crippen molar-refractivity contribution in [1.29, 1.82) is 0 Å². The fourth-order valence-electron chi connectivity index (χ4n) is 4.67. The summed E-state index contributed by atoms with van der Waals surface area (Å²) < 4.78 is 0. The minimum absolute atomic E-state index is 0.119. The van der Waals surface area contributed by atoms with Gasteiger partial charge in [-0.3, -0.25) is 0 Å². The van der Waals surface area contributed by atoms with E-state index in [-0.39, 0.29) is 12.1 Å². The molecule has 2 atom stereocenters. The summed E-state index contributed by atoms with van der Waals surface area (Å²) in [6, 6.07) is 39.9. The summed E-state index contributed by atoms with van der Waals surface area (Å²) in [6.07, 6.45) is 0. The molecular formula is C34H40N2. The first-order valence-corrected chi connectivity index (χ1v) is 13.3. The molecule has 0 heterocycles. The third kappa shape index (κ3) is 6.94. The van der Waals surface area contributed by atoms with Crippen LogP contribution in [0.5, 0.6) is 0 Å². The van der Waals surface area contributed by atoms with Gasteiger partial charge in [-0.05, 0) is 45.2 Å². The lowest BCUT2D eigenvalue weighted by molar-refractivity contribution is 0.381. The van der Waals surface area contributed by atoms with Gasteiger partial charge in [0.15, 0.2) is 0 Å². The molecule has 4 aromatic rings. The predicted molar refractivity (Wildman–Crippen MR) is 153 cm³/mol. The molecule has 0 aliphatic rings. The molecule has 0 aliphatic heterocycles. The highest BCUT2D eigenvalue weighted by atomic mass is 15.0. The Morgan fingerprint density at radius 2 is 0.750 bits per heavy atom. The van der Waals surface area contributed by atoms with Crippen LogP contribution >= 0.6 is 0 Å². The fourth-order valence-corrected chi connectivity index (χ4v) is 4.67. The Labute approximate surface area is 217 Å². The summed E-state index contributed by atoms with van der Waals surface area (Å²) >= 11 is 0. The molecule has 4 aromatic carbocycles. The highest BCUT2D eigenvalue weighted by Crippen LogP contribution is 2.30. The lowest BCUT2D eigenvalue weighted by Gasteiger charge is -2.30. The third-order valence-electron chi connectivity index (χ3n) is 7.00. The minimum Gasteiger partial charge on any atom is -0.304 e. The molecule has 4 rings (SSSR count). The van der Waals surface area contributed by atoms with Gasteiger partial charge in [-0.1, -0.05) is 137 Å². The molecule has 0 amide bonds. The molecule has 36 heavy (non-hydrogen) atoms. The maximum Gasteiger partial charge on any atom is 0.0521 e. The molecule has 186 valence electrons. The number of hydrogen-bond acceptors (Lipinski definition) is 2. The van der Waals surface area contributed by atoms with E-state index in [4.69, 9.17) is 0 Å². The second-order valence-electron chi connectivity index (χ2n) is 10.3. The molecule has 0 saturated heterocycles. The molecule has 0 aliphatic carbocycles. The van der Waals surface area contributed by atoms with Crippen LogP contribution in [0.2, 0.25) is 0 Å². The highest BCUT2D eigenvalue weighted by molar-refractivity contribution is 5.30. The van der Waals surface area contributed by atoms with E-state index < -0.39 is 0 Å². The summed E-state index contributed by atoms with van der Waals surface area (Å²) in [4.78, 5) is 0. The molecule has 0 spiro atoms.